The van der Waals surface area contributed by atoms with Crippen LogP contribution in [0.4, 0.5) is 0 Å². The number of aromatic nitrogens is 2. The molecule has 13 heavy (non-hydrogen) atoms. The maximum absolute atomic E-state index is 9.56. The van der Waals surface area contributed by atoms with Crippen LogP contribution in [0, 0.1) is 0 Å². The van der Waals surface area contributed by atoms with Crippen LogP contribution >= 0.6 is 0 Å². The summed E-state index contributed by atoms with van der Waals surface area (Å²) >= 11 is 0. The Kier molecular flexibility index (Phi) is 34.4. The third-order valence-electron chi connectivity index (χ3n) is 0.478. The maximum atomic E-state index is 9.56. The Balaban J connectivity index is -0.0000000536. The van der Waals surface area contributed by atoms with Crippen molar-refractivity contribution in [1.29, 1.82) is 0 Å². The van der Waals surface area contributed by atoms with Gasteiger partial charge in [-0.15, -0.1) is 0 Å². The summed E-state index contributed by atoms with van der Waals surface area (Å²) in [5, 5.41) is 0. The summed E-state index contributed by atoms with van der Waals surface area (Å²) in [7, 11) is -0.611. The molecular weight excluding hydrogens is 308 g/mol. The fraction of sp³-hybridized carbons (Fsp3) is 0.333. The number of nitrogens with zero attached hydrogens (tertiary/aromatic N) is 2. The molecule has 0 unspecified atom stereocenters. The molecule has 1 aromatic rings. The van der Waals surface area contributed by atoms with Crippen molar-refractivity contribution in [1.82, 2.24) is 9.97 Å². The van der Waals surface area contributed by atoms with Crippen LogP contribution in [0.3, 0.4) is 0 Å². The smallest absolute Gasteiger partial charge is 1.00 e. The molecule has 0 fully saturated rings. The third kappa shape index (κ3) is 32.0. The molecule has 0 spiro atoms. The average molecular weight is 318 g/mol. The van der Waals surface area contributed by atoms with Crippen LogP contribution in [0.5, 0.6) is 0 Å². The van der Waals surface area contributed by atoms with E-state index in [0.29, 0.717) is 0 Å². The van der Waals surface area contributed by atoms with E-state index in [-0.39, 0.29) is 61.4 Å². The Morgan fingerprint density at radius 1 is 1.00 bits per heavy atom. The molecule has 3 nitrogen and oxygen atoms in total. The molecule has 1 aromatic heterocycles. The third-order valence-corrected chi connectivity index (χ3v) is 0.478. The Morgan fingerprint density at radius 3 is 1.23 bits per heavy atom. The van der Waals surface area contributed by atoms with Crippen molar-refractivity contribution in [2.75, 3.05) is 12.5 Å². The van der Waals surface area contributed by atoms with E-state index in [4.69, 9.17) is 0 Å². The van der Waals surface area contributed by atoms with Crippen molar-refractivity contribution in [3.8, 4) is 0 Å². The zero-order valence-corrected chi connectivity index (χ0v) is 13.1. The molecule has 0 amide bonds. The summed E-state index contributed by atoms with van der Waals surface area (Å²) in [5.74, 6) is 0. The summed E-state index contributed by atoms with van der Waals surface area (Å²) in [6.45, 7) is 0. The van der Waals surface area contributed by atoms with Gasteiger partial charge in [0.1, 0.15) is 0 Å². The van der Waals surface area contributed by atoms with E-state index in [9.17, 15) is 4.21 Å². The molecule has 0 saturated carbocycles. The second-order valence-corrected chi connectivity index (χ2v) is 3.12. The molecule has 0 saturated heterocycles. The molecule has 7 heteroatoms. The van der Waals surface area contributed by atoms with Gasteiger partial charge in [-0.1, -0.05) is 0 Å². The van der Waals surface area contributed by atoms with Crippen LogP contribution in [0.2, 0.25) is 0 Å². The second-order valence-electron chi connectivity index (χ2n) is 1.64. The topological polar surface area (TPSA) is 42.9 Å². The van der Waals surface area contributed by atoms with Gasteiger partial charge in [0.25, 0.3) is 0 Å². The van der Waals surface area contributed by atoms with Gasteiger partial charge in [0.05, 0.1) is 0 Å². The summed E-state index contributed by atoms with van der Waals surface area (Å²) < 4.78 is 9.56. The van der Waals surface area contributed by atoms with E-state index in [0.717, 1.165) is 0 Å². The van der Waals surface area contributed by atoms with Gasteiger partial charge in [0.15, 0.2) is 0 Å². The van der Waals surface area contributed by atoms with Crippen molar-refractivity contribution in [3.63, 3.8) is 0 Å². The zero-order valence-electron chi connectivity index (χ0n) is 7.75. The van der Waals surface area contributed by atoms with Gasteiger partial charge in [-0.05, 0) is 0 Å². The van der Waals surface area contributed by atoms with Crippen LogP contribution < -0.4 is 42.0 Å². The van der Waals surface area contributed by atoms with Crippen LogP contribution in [-0.2, 0) is 30.3 Å². The molecule has 0 radical (unpaired) electrons. The number of halogens is 1. The predicted octanol–water partition coefficient (Wildman–Crippen LogP) is -5.52. The first-order chi connectivity index (χ1) is 4.73. The molecule has 72 valence electrons. The van der Waals surface area contributed by atoms with E-state index >= 15 is 0 Å². The van der Waals surface area contributed by atoms with Gasteiger partial charge in [-0.3, -0.25) is 14.2 Å². The Bertz CT molecular complexity index is 163. The van der Waals surface area contributed by atoms with Crippen molar-refractivity contribution in [3.05, 3.63) is 24.8 Å². The predicted molar refractivity (Wildman–Crippen MR) is 42.0 cm³/mol. The molecule has 0 atom stereocenters. The van der Waals surface area contributed by atoms with Crippen LogP contribution in [0.1, 0.15) is 0 Å². The summed E-state index contributed by atoms with van der Waals surface area (Å²) in [4.78, 5) is 7.44. The van der Waals surface area contributed by atoms with Crippen molar-refractivity contribution < 1.29 is 65.7 Å². The Hall–Kier alpha value is 1.14. The van der Waals surface area contributed by atoms with Crippen LogP contribution in [-0.4, -0.2) is 26.7 Å². The minimum absolute atomic E-state index is 0. The molecule has 1 heterocycles. The first-order valence-electron chi connectivity index (χ1n) is 2.68. The fourth-order valence-corrected chi connectivity index (χ4v) is 0.253. The molecular formula is C6H10ClN2NaORuS. The molecule has 1 rings (SSSR count). The zero-order chi connectivity index (χ0) is 7.82. The van der Waals surface area contributed by atoms with Crippen LogP contribution in [0.15, 0.2) is 24.8 Å². The molecule has 0 bridgehead atoms. The van der Waals surface area contributed by atoms with Gasteiger partial charge in [0.2, 0.25) is 0 Å². The minimum Gasteiger partial charge on any atom is -1.00 e. The minimum atomic E-state index is -0.611. The van der Waals surface area contributed by atoms with Gasteiger partial charge >= 0.3 is 29.6 Å². The second kappa shape index (κ2) is 18.8. The maximum Gasteiger partial charge on any atom is 1.00 e. The normalized spacial score (nSPS) is 6.38. The van der Waals surface area contributed by atoms with E-state index in [1.54, 1.807) is 37.3 Å². The van der Waals surface area contributed by atoms with Gasteiger partial charge in [-0.25, -0.2) is 0 Å². The SMILES string of the molecule is CS(C)=O.[Cl-].[Na+].[Ru].c1cnccn1. The van der Waals surface area contributed by atoms with Gasteiger partial charge in [-0.2, -0.15) is 0 Å². The molecule has 0 aliphatic heterocycles. The van der Waals surface area contributed by atoms with Gasteiger partial charge in [0, 0.05) is 67.6 Å². The van der Waals surface area contributed by atoms with Crippen LogP contribution in [0.25, 0.3) is 0 Å². The van der Waals surface area contributed by atoms with E-state index in [1.165, 1.54) is 0 Å². The Morgan fingerprint density at radius 2 is 1.15 bits per heavy atom. The first kappa shape index (κ1) is 23.7. The first-order valence-corrected chi connectivity index (χ1v) is 4.65. The molecule has 0 aromatic carbocycles. The average Bonchev–Trinajstić information content (AvgIpc) is 1.90. The largest absolute Gasteiger partial charge is 1.00 e. The van der Waals surface area contributed by atoms with E-state index in [2.05, 4.69) is 9.97 Å². The van der Waals surface area contributed by atoms with Crippen molar-refractivity contribution in [2.24, 2.45) is 0 Å². The standard InChI is InChI=1S/C4H4N2.C2H6OS.ClH.Na.Ru/c1-2-6-4-3-5-1;1-4(2)3;;;/h1-4H;1-2H3;1H;;/q;;;+1;/p-1. The quantitative estimate of drug-likeness (QED) is 0.448. The number of hydrogen-bond acceptors (Lipinski definition) is 3. The van der Waals surface area contributed by atoms with Crippen molar-refractivity contribution in [2.45, 2.75) is 0 Å². The number of hydrogen-bond donors (Lipinski definition) is 0. The summed E-state index contributed by atoms with van der Waals surface area (Å²) in [6, 6.07) is 0. The number of rotatable bonds is 0. The summed E-state index contributed by atoms with van der Waals surface area (Å²) in [5.41, 5.74) is 0. The van der Waals surface area contributed by atoms with E-state index in [1.807, 2.05) is 0 Å². The molecule has 0 aliphatic carbocycles. The monoisotopic (exact) mass is 318 g/mol. The van der Waals surface area contributed by atoms with Crippen molar-refractivity contribution >= 4 is 10.8 Å². The summed E-state index contributed by atoms with van der Waals surface area (Å²) in [6.07, 6.45) is 9.83. The molecule has 0 aliphatic rings. The molecule has 0 N–H and O–H groups in total. The fourth-order valence-electron chi connectivity index (χ4n) is 0.253. The van der Waals surface area contributed by atoms with Gasteiger partial charge < -0.3 is 12.4 Å². The van der Waals surface area contributed by atoms with E-state index < -0.39 is 10.8 Å². The Labute approximate surface area is 122 Å².